The van der Waals surface area contributed by atoms with Crippen LogP contribution in [0.3, 0.4) is 0 Å². The van der Waals surface area contributed by atoms with Crippen molar-refractivity contribution in [1.82, 2.24) is 0 Å². The lowest BCUT2D eigenvalue weighted by molar-refractivity contribution is 0.0923. The van der Waals surface area contributed by atoms with Gasteiger partial charge in [-0.05, 0) is 61.2 Å². The fraction of sp³-hybridized carbons (Fsp3) is 1.00. The van der Waals surface area contributed by atoms with Crippen LogP contribution in [-0.2, 0) is 0 Å². The van der Waals surface area contributed by atoms with E-state index in [2.05, 4.69) is 0 Å². The van der Waals surface area contributed by atoms with Crippen molar-refractivity contribution >= 4 is 0 Å². The fourth-order valence-electron chi connectivity index (χ4n) is 5.83. The first kappa shape index (κ1) is 10.8. The lowest BCUT2D eigenvalue weighted by atomic mass is 9.83. The largest absolute Gasteiger partial charge is 0.393 e. The average Bonchev–Trinajstić information content (AvgIpc) is 2.80. The third-order valence-electron chi connectivity index (χ3n) is 6.54. The van der Waals surface area contributed by atoms with E-state index in [9.17, 15) is 5.11 Å². The monoisotopic (exact) mass is 234 g/mol. The van der Waals surface area contributed by atoms with E-state index in [1.54, 1.807) is 0 Å². The van der Waals surface area contributed by atoms with Crippen molar-refractivity contribution in [1.29, 1.82) is 0 Å². The van der Waals surface area contributed by atoms with Crippen LogP contribution in [0, 0.1) is 35.5 Å². The van der Waals surface area contributed by atoms with E-state index in [1.807, 2.05) is 0 Å². The summed E-state index contributed by atoms with van der Waals surface area (Å²) in [7, 11) is 0. The first-order valence-corrected chi connectivity index (χ1v) is 8.02. The third-order valence-corrected chi connectivity index (χ3v) is 6.54. The molecule has 17 heavy (non-hydrogen) atoms. The van der Waals surface area contributed by atoms with Gasteiger partial charge in [0, 0.05) is 0 Å². The van der Waals surface area contributed by atoms with E-state index in [-0.39, 0.29) is 6.10 Å². The first-order valence-electron chi connectivity index (χ1n) is 8.02. The topological polar surface area (TPSA) is 20.2 Å². The molecule has 1 heteroatoms. The summed E-state index contributed by atoms with van der Waals surface area (Å²) in [6.07, 6.45) is 12.7. The average molecular weight is 234 g/mol. The normalized spacial score (nSPS) is 50.3. The molecule has 1 N–H and O–H groups in total. The SMILES string of the molecule is OC(CC1CCCCC1)C1C2C3CCC(C3)C12. The number of fused-ring (bicyclic) bond motifs is 5. The lowest BCUT2D eigenvalue weighted by Gasteiger charge is -2.25. The van der Waals surface area contributed by atoms with Crippen LogP contribution in [0.5, 0.6) is 0 Å². The molecule has 1 nitrogen and oxygen atoms in total. The van der Waals surface area contributed by atoms with Crippen molar-refractivity contribution in [3.05, 3.63) is 0 Å². The van der Waals surface area contributed by atoms with E-state index in [0.717, 1.165) is 41.9 Å². The highest BCUT2D eigenvalue weighted by molar-refractivity contribution is 5.14. The van der Waals surface area contributed by atoms with Crippen LogP contribution in [0.2, 0.25) is 0 Å². The van der Waals surface area contributed by atoms with Crippen molar-refractivity contribution in [2.45, 2.75) is 63.9 Å². The fourth-order valence-corrected chi connectivity index (χ4v) is 5.83. The third kappa shape index (κ3) is 1.69. The predicted molar refractivity (Wildman–Crippen MR) is 68.5 cm³/mol. The zero-order chi connectivity index (χ0) is 11.4. The van der Waals surface area contributed by atoms with E-state index < -0.39 is 0 Å². The lowest BCUT2D eigenvalue weighted by Crippen LogP contribution is -2.21. The van der Waals surface area contributed by atoms with Crippen LogP contribution >= 0.6 is 0 Å². The molecule has 0 radical (unpaired) electrons. The highest BCUT2D eigenvalue weighted by atomic mass is 16.3. The molecule has 2 bridgehead atoms. The first-order chi connectivity index (χ1) is 8.34. The molecule has 0 saturated heterocycles. The Labute approximate surface area is 105 Å². The van der Waals surface area contributed by atoms with Gasteiger partial charge in [-0.15, -0.1) is 0 Å². The molecule has 4 aliphatic carbocycles. The van der Waals surface area contributed by atoms with Gasteiger partial charge in [0.25, 0.3) is 0 Å². The van der Waals surface area contributed by atoms with Crippen molar-refractivity contribution in [2.24, 2.45) is 35.5 Å². The van der Waals surface area contributed by atoms with Crippen LogP contribution in [-0.4, -0.2) is 11.2 Å². The smallest absolute Gasteiger partial charge is 0.0576 e. The summed E-state index contributed by atoms with van der Waals surface area (Å²) in [4.78, 5) is 0. The molecule has 4 fully saturated rings. The Kier molecular flexibility index (Phi) is 2.54. The summed E-state index contributed by atoms with van der Waals surface area (Å²) in [5.74, 6) is 5.58. The van der Waals surface area contributed by atoms with Gasteiger partial charge in [-0.1, -0.05) is 32.1 Å². The number of rotatable bonds is 3. The maximum atomic E-state index is 10.5. The summed E-state index contributed by atoms with van der Waals surface area (Å²) in [5, 5.41) is 10.5. The second-order valence-corrected chi connectivity index (χ2v) is 7.37. The minimum Gasteiger partial charge on any atom is -0.393 e. The Morgan fingerprint density at radius 3 is 2.18 bits per heavy atom. The minimum absolute atomic E-state index is 0.0662. The quantitative estimate of drug-likeness (QED) is 0.791. The molecule has 0 spiro atoms. The molecule has 5 atom stereocenters. The highest BCUT2D eigenvalue weighted by Gasteiger charge is 2.66. The molecule has 5 unspecified atom stereocenters. The van der Waals surface area contributed by atoms with E-state index >= 15 is 0 Å². The van der Waals surface area contributed by atoms with Crippen molar-refractivity contribution in [2.75, 3.05) is 0 Å². The maximum Gasteiger partial charge on any atom is 0.0576 e. The zero-order valence-electron chi connectivity index (χ0n) is 10.9. The van der Waals surface area contributed by atoms with E-state index in [1.165, 1.54) is 51.4 Å². The summed E-state index contributed by atoms with van der Waals surface area (Å²) < 4.78 is 0. The van der Waals surface area contributed by atoms with Gasteiger partial charge in [-0.3, -0.25) is 0 Å². The molecule has 0 amide bonds. The van der Waals surface area contributed by atoms with Gasteiger partial charge in [0.1, 0.15) is 0 Å². The summed E-state index contributed by atoms with van der Waals surface area (Å²) in [5.41, 5.74) is 0. The summed E-state index contributed by atoms with van der Waals surface area (Å²) >= 11 is 0. The van der Waals surface area contributed by atoms with Crippen LogP contribution in [0.15, 0.2) is 0 Å². The van der Waals surface area contributed by atoms with Crippen molar-refractivity contribution < 1.29 is 5.11 Å². The number of hydrogen-bond acceptors (Lipinski definition) is 1. The molecule has 4 saturated carbocycles. The molecular weight excluding hydrogens is 208 g/mol. The van der Waals surface area contributed by atoms with E-state index in [0.29, 0.717) is 0 Å². The van der Waals surface area contributed by atoms with Crippen LogP contribution < -0.4 is 0 Å². The van der Waals surface area contributed by atoms with E-state index in [4.69, 9.17) is 0 Å². The van der Waals surface area contributed by atoms with Crippen LogP contribution in [0.25, 0.3) is 0 Å². The second-order valence-electron chi connectivity index (χ2n) is 7.37. The molecule has 4 aliphatic rings. The Morgan fingerprint density at radius 1 is 0.882 bits per heavy atom. The Morgan fingerprint density at radius 2 is 1.53 bits per heavy atom. The predicted octanol–water partition coefficient (Wildman–Crippen LogP) is 3.61. The van der Waals surface area contributed by atoms with Gasteiger partial charge in [0.05, 0.1) is 6.10 Å². The van der Waals surface area contributed by atoms with Gasteiger partial charge >= 0.3 is 0 Å². The second kappa shape index (κ2) is 3.98. The maximum absolute atomic E-state index is 10.5. The van der Waals surface area contributed by atoms with Crippen LogP contribution in [0.4, 0.5) is 0 Å². The molecular formula is C16H26O. The van der Waals surface area contributed by atoms with Gasteiger partial charge in [0.15, 0.2) is 0 Å². The minimum atomic E-state index is 0.0662. The van der Waals surface area contributed by atoms with Crippen molar-refractivity contribution in [3.63, 3.8) is 0 Å². The zero-order valence-corrected chi connectivity index (χ0v) is 10.9. The molecule has 0 aromatic rings. The number of aliphatic hydroxyl groups excluding tert-OH is 1. The van der Waals surface area contributed by atoms with Gasteiger partial charge in [-0.25, -0.2) is 0 Å². The molecule has 4 rings (SSSR count). The Bertz CT molecular complexity index is 278. The summed E-state index contributed by atoms with van der Waals surface area (Å²) in [6, 6.07) is 0. The van der Waals surface area contributed by atoms with Crippen molar-refractivity contribution in [3.8, 4) is 0 Å². The standard InChI is InChI=1S/C16H26O/c17-13(8-10-4-2-1-3-5-10)16-14-11-6-7-12(9-11)15(14)16/h10-17H,1-9H2. The van der Waals surface area contributed by atoms with Gasteiger partial charge in [0.2, 0.25) is 0 Å². The van der Waals surface area contributed by atoms with Gasteiger partial charge < -0.3 is 5.11 Å². The molecule has 96 valence electrons. The van der Waals surface area contributed by atoms with Crippen LogP contribution in [0.1, 0.15) is 57.8 Å². The number of aliphatic hydroxyl groups is 1. The molecule has 0 heterocycles. The highest BCUT2D eigenvalue weighted by Crippen LogP contribution is 2.70. The Balaban J connectivity index is 1.34. The summed E-state index contributed by atoms with van der Waals surface area (Å²) in [6.45, 7) is 0. The molecule has 0 aliphatic heterocycles. The molecule has 0 aromatic carbocycles. The Hall–Kier alpha value is -0.0400. The molecule has 0 aromatic heterocycles. The number of hydrogen-bond donors (Lipinski definition) is 1. The van der Waals surface area contributed by atoms with Gasteiger partial charge in [-0.2, -0.15) is 0 Å².